The summed E-state index contributed by atoms with van der Waals surface area (Å²) in [5, 5.41) is 9.91. The first-order chi connectivity index (χ1) is 11.0. The number of benzene rings is 2. The number of carbonyl (C=O) groups excluding carboxylic acids is 1. The van der Waals surface area contributed by atoms with E-state index in [1.54, 1.807) is 43.3 Å². The lowest BCUT2D eigenvalue weighted by Crippen LogP contribution is -2.47. The second kappa shape index (κ2) is 7.42. The van der Waals surface area contributed by atoms with Gasteiger partial charge in [0.1, 0.15) is 0 Å². The van der Waals surface area contributed by atoms with E-state index in [1.165, 1.54) is 0 Å². The van der Waals surface area contributed by atoms with Crippen LogP contribution in [0.2, 0.25) is 0 Å². The Morgan fingerprint density at radius 2 is 1.83 bits per heavy atom. The van der Waals surface area contributed by atoms with Crippen LogP contribution in [0, 0.1) is 0 Å². The molecular weight excluding hydrogens is 360 g/mol. The summed E-state index contributed by atoms with van der Waals surface area (Å²) >= 11 is 3.33. The minimum absolute atomic E-state index is 0.0262. The van der Waals surface area contributed by atoms with Gasteiger partial charge in [-0.25, -0.2) is 0 Å². The van der Waals surface area contributed by atoms with Gasteiger partial charge in [0.05, 0.1) is 6.61 Å². The number of carboxylic acids is 1. The first kappa shape index (κ1) is 17.2. The summed E-state index contributed by atoms with van der Waals surface area (Å²) in [6, 6.07) is 15.8. The van der Waals surface area contributed by atoms with E-state index >= 15 is 0 Å². The molecule has 0 bridgehead atoms. The van der Waals surface area contributed by atoms with E-state index in [-0.39, 0.29) is 13.0 Å². The van der Waals surface area contributed by atoms with Crippen LogP contribution in [0.5, 0.6) is 0 Å². The van der Waals surface area contributed by atoms with Crippen LogP contribution in [-0.2, 0) is 26.2 Å². The third-order valence-electron chi connectivity index (χ3n) is 3.62. The summed E-state index contributed by atoms with van der Waals surface area (Å²) in [4.78, 5) is 24.7. The molecule has 0 radical (unpaired) electrons. The van der Waals surface area contributed by atoms with E-state index in [0.29, 0.717) is 10.0 Å². The molecule has 23 heavy (non-hydrogen) atoms. The number of rotatable bonds is 6. The van der Waals surface area contributed by atoms with Crippen molar-refractivity contribution in [2.24, 2.45) is 0 Å². The lowest BCUT2D eigenvalue weighted by molar-refractivity contribution is -0.161. The molecule has 2 rings (SSSR count). The molecule has 5 heteroatoms. The molecular formula is C18H17BrO4. The van der Waals surface area contributed by atoms with Crippen molar-refractivity contribution in [1.82, 2.24) is 0 Å². The average molecular weight is 377 g/mol. The van der Waals surface area contributed by atoms with E-state index in [0.717, 1.165) is 5.56 Å². The lowest BCUT2D eigenvalue weighted by atomic mass is 9.75. The van der Waals surface area contributed by atoms with Crippen LogP contribution in [0.4, 0.5) is 0 Å². The Bertz CT molecular complexity index is 699. The molecule has 0 aromatic heterocycles. The maximum atomic E-state index is 12.6. The molecule has 0 spiro atoms. The Labute approximate surface area is 143 Å². The van der Waals surface area contributed by atoms with Crippen LogP contribution in [0.15, 0.2) is 59.1 Å². The van der Waals surface area contributed by atoms with Crippen LogP contribution in [0.1, 0.15) is 18.1 Å². The van der Waals surface area contributed by atoms with Crippen molar-refractivity contribution in [2.45, 2.75) is 18.8 Å². The van der Waals surface area contributed by atoms with Crippen molar-refractivity contribution in [3.05, 3.63) is 70.2 Å². The second-order valence-electron chi connectivity index (χ2n) is 5.10. The SMILES string of the molecule is CCOC(=O)C(Cc1ccccc1)(C(=O)O)c1cccc(Br)c1. The fourth-order valence-corrected chi connectivity index (χ4v) is 2.89. The largest absolute Gasteiger partial charge is 0.480 e. The van der Waals surface area contributed by atoms with E-state index < -0.39 is 17.4 Å². The third kappa shape index (κ3) is 3.62. The minimum atomic E-state index is -1.78. The highest BCUT2D eigenvalue weighted by atomic mass is 79.9. The lowest BCUT2D eigenvalue weighted by Gasteiger charge is -2.28. The zero-order chi connectivity index (χ0) is 16.9. The summed E-state index contributed by atoms with van der Waals surface area (Å²) in [5.41, 5.74) is -0.633. The molecule has 1 unspecified atom stereocenters. The van der Waals surface area contributed by atoms with Crippen LogP contribution < -0.4 is 0 Å². The Morgan fingerprint density at radius 3 is 2.39 bits per heavy atom. The number of carbonyl (C=O) groups is 2. The summed E-state index contributed by atoms with van der Waals surface area (Å²) in [5.74, 6) is -1.98. The van der Waals surface area contributed by atoms with Gasteiger partial charge in [-0.3, -0.25) is 9.59 Å². The van der Waals surface area contributed by atoms with Gasteiger partial charge in [0.2, 0.25) is 0 Å². The number of hydrogen-bond acceptors (Lipinski definition) is 3. The first-order valence-electron chi connectivity index (χ1n) is 7.21. The summed E-state index contributed by atoms with van der Waals surface area (Å²) < 4.78 is 5.81. The van der Waals surface area contributed by atoms with Crippen LogP contribution >= 0.6 is 15.9 Å². The number of hydrogen-bond donors (Lipinski definition) is 1. The zero-order valence-electron chi connectivity index (χ0n) is 12.7. The highest BCUT2D eigenvalue weighted by Crippen LogP contribution is 2.32. The Morgan fingerprint density at radius 1 is 1.13 bits per heavy atom. The molecule has 0 aliphatic heterocycles. The predicted octanol–water partition coefficient (Wildman–Crippen LogP) is 3.58. The van der Waals surface area contributed by atoms with Crippen molar-refractivity contribution >= 4 is 27.9 Å². The second-order valence-corrected chi connectivity index (χ2v) is 6.02. The van der Waals surface area contributed by atoms with Crippen molar-refractivity contribution in [1.29, 1.82) is 0 Å². The van der Waals surface area contributed by atoms with Crippen molar-refractivity contribution < 1.29 is 19.4 Å². The Kier molecular flexibility index (Phi) is 5.55. The maximum absolute atomic E-state index is 12.6. The summed E-state index contributed by atoms with van der Waals surface area (Å²) in [7, 11) is 0. The molecule has 1 atom stereocenters. The van der Waals surface area contributed by atoms with Crippen molar-refractivity contribution in [3.8, 4) is 0 Å². The van der Waals surface area contributed by atoms with Crippen LogP contribution in [-0.4, -0.2) is 23.7 Å². The number of aliphatic carboxylic acids is 1. The maximum Gasteiger partial charge on any atom is 0.328 e. The monoisotopic (exact) mass is 376 g/mol. The van der Waals surface area contributed by atoms with Gasteiger partial charge in [-0.15, -0.1) is 0 Å². The predicted molar refractivity (Wildman–Crippen MR) is 90.2 cm³/mol. The van der Waals surface area contributed by atoms with Gasteiger partial charge in [0.15, 0.2) is 5.41 Å². The molecule has 0 aliphatic carbocycles. The molecule has 4 nitrogen and oxygen atoms in total. The minimum Gasteiger partial charge on any atom is -0.480 e. The number of ether oxygens (including phenoxy) is 1. The fourth-order valence-electron chi connectivity index (χ4n) is 2.49. The van der Waals surface area contributed by atoms with Crippen LogP contribution in [0.25, 0.3) is 0 Å². The van der Waals surface area contributed by atoms with Crippen molar-refractivity contribution in [2.75, 3.05) is 6.61 Å². The van der Waals surface area contributed by atoms with Gasteiger partial charge in [-0.1, -0.05) is 58.4 Å². The molecule has 2 aromatic rings. The smallest absolute Gasteiger partial charge is 0.328 e. The van der Waals surface area contributed by atoms with Gasteiger partial charge < -0.3 is 9.84 Å². The van der Waals surface area contributed by atoms with E-state index in [4.69, 9.17) is 4.74 Å². The van der Waals surface area contributed by atoms with Crippen LogP contribution in [0.3, 0.4) is 0 Å². The molecule has 0 heterocycles. The van der Waals surface area contributed by atoms with Gasteiger partial charge in [0, 0.05) is 10.9 Å². The Hall–Kier alpha value is -2.14. The highest BCUT2D eigenvalue weighted by Gasteiger charge is 2.49. The van der Waals surface area contributed by atoms with E-state index in [2.05, 4.69) is 15.9 Å². The van der Waals surface area contributed by atoms with E-state index in [1.807, 2.05) is 18.2 Å². The molecule has 0 fully saturated rings. The topological polar surface area (TPSA) is 63.6 Å². The number of esters is 1. The van der Waals surface area contributed by atoms with E-state index in [9.17, 15) is 14.7 Å². The van der Waals surface area contributed by atoms with Gasteiger partial charge in [0.25, 0.3) is 0 Å². The number of halogens is 1. The van der Waals surface area contributed by atoms with Gasteiger partial charge >= 0.3 is 11.9 Å². The Balaban J connectivity index is 2.60. The van der Waals surface area contributed by atoms with Gasteiger partial charge in [-0.2, -0.15) is 0 Å². The fraction of sp³-hybridized carbons (Fsp3) is 0.222. The quantitative estimate of drug-likeness (QED) is 0.618. The highest BCUT2D eigenvalue weighted by molar-refractivity contribution is 9.10. The molecule has 2 aromatic carbocycles. The standard InChI is InChI=1S/C18H17BrO4/c1-2-23-17(22)18(16(20)21,12-13-7-4-3-5-8-13)14-9-6-10-15(19)11-14/h3-11H,2,12H2,1H3,(H,20,21). The normalized spacial score (nSPS) is 13.1. The summed E-state index contributed by atoms with van der Waals surface area (Å²) in [6.45, 7) is 1.78. The summed E-state index contributed by atoms with van der Waals surface area (Å²) in [6.07, 6.45) is 0.0262. The zero-order valence-corrected chi connectivity index (χ0v) is 14.2. The van der Waals surface area contributed by atoms with Gasteiger partial charge in [-0.05, 0) is 30.2 Å². The third-order valence-corrected chi connectivity index (χ3v) is 4.11. The molecule has 120 valence electrons. The molecule has 0 aliphatic rings. The van der Waals surface area contributed by atoms with Crippen molar-refractivity contribution in [3.63, 3.8) is 0 Å². The molecule has 1 N–H and O–H groups in total. The number of carboxylic acid groups (broad SMARTS) is 1. The average Bonchev–Trinajstić information content (AvgIpc) is 2.53. The first-order valence-corrected chi connectivity index (χ1v) is 8.00. The molecule has 0 amide bonds. The molecule has 0 saturated carbocycles. The molecule has 0 saturated heterocycles.